The Morgan fingerprint density at radius 3 is 2.42 bits per heavy atom. The first-order valence-electron chi connectivity index (χ1n) is 11.2. The normalized spacial score (nSPS) is 23.9. The molecule has 0 bridgehead atoms. The first-order valence-corrected chi connectivity index (χ1v) is 11.6. The first-order chi connectivity index (χ1) is 17.4. The molecule has 10 heteroatoms. The lowest BCUT2D eigenvalue weighted by atomic mass is 9.83. The van der Waals surface area contributed by atoms with Crippen LogP contribution in [-0.4, -0.2) is 39.8 Å². The van der Waals surface area contributed by atoms with Crippen molar-refractivity contribution in [2.24, 2.45) is 16.9 Å². The summed E-state index contributed by atoms with van der Waals surface area (Å²) in [4.78, 5) is 53.1. The molecule has 3 aromatic rings. The summed E-state index contributed by atoms with van der Waals surface area (Å²) in [6.45, 7) is 0. The molecule has 3 heterocycles. The van der Waals surface area contributed by atoms with E-state index < -0.39 is 40.7 Å². The molecule has 178 valence electrons. The first kappa shape index (κ1) is 22.1. The number of nitro groups is 1. The van der Waals surface area contributed by atoms with E-state index >= 15 is 0 Å². The van der Waals surface area contributed by atoms with Crippen LogP contribution in [0.15, 0.2) is 77.9 Å². The highest BCUT2D eigenvalue weighted by atomic mass is 35.5. The van der Waals surface area contributed by atoms with Crippen molar-refractivity contribution in [1.82, 2.24) is 5.01 Å². The Morgan fingerprint density at radius 1 is 0.944 bits per heavy atom. The van der Waals surface area contributed by atoms with E-state index in [9.17, 15) is 24.5 Å². The third-order valence-corrected chi connectivity index (χ3v) is 7.24. The van der Waals surface area contributed by atoms with Crippen molar-refractivity contribution in [3.05, 3.63) is 105 Å². The summed E-state index contributed by atoms with van der Waals surface area (Å²) in [6, 6.07) is 17.4. The van der Waals surface area contributed by atoms with Gasteiger partial charge in [-0.15, -0.1) is 0 Å². The van der Waals surface area contributed by atoms with E-state index in [1.807, 2.05) is 24.3 Å². The van der Waals surface area contributed by atoms with Gasteiger partial charge in [0.25, 0.3) is 5.69 Å². The largest absolute Gasteiger partial charge is 0.292 e. The number of hydrogen-bond acceptors (Lipinski definition) is 7. The molecule has 9 nitrogen and oxygen atoms in total. The smallest absolute Gasteiger partial charge is 0.271 e. The Labute approximate surface area is 209 Å². The van der Waals surface area contributed by atoms with Gasteiger partial charge in [0.05, 0.1) is 34.7 Å². The zero-order valence-corrected chi connectivity index (χ0v) is 19.3. The number of nitro benzene ring substituents is 1. The molecule has 2 saturated heterocycles. The van der Waals surface area contributed by atoms with Gasteiger partial charge in [-0.2, -0.15) is 5.10 Å². The number of rotatable bonds is 4. The van der Waals surface area contributed by atoms with Gasteiger partial charge in [-0.1, -0.05) is 41.9 Å². The molecule has 0 N–H and O–H groups in total. The van der Waals surface area contributed by atoms with Crippen LogP contribution in [0.1, 0.15) is 27.5 Å². The summed E-state index contributed by atoms with van der Waals surface area (Å²) >= 11 is 6.00. The second-order valence-electron chi connectivity index (χ2n) is 8.85. The molecule has 0 saturated carbocycles. The quantitative estimate of drug-likeness (QED) is 0.231. The molecule has 0 radical (unpaired) electrons. The average Bonchev–Trinajstić information content (AvgIpc) is 3.36. The lowest BCUT2D eigenvalue weighted by Gasteiger charge is -2.33. The van der Waals surface area contributed by atoms with E-state index in [2.05, 4.69) is 5.10 Å². The standard InChI is InChI=1S/C26H17ClN4O5/c27-16-10-8-14(9-11-16)24(32)23-21-20(22-19-7-2-1-4-15(19)13-28-30(22)23)25(33)29(26(21)34)17-5-3-6-18(12-17)31(35)36/h1-13,20-23H/t20-,21+,22-,23-/m0/s1. The second-order valence-corrected chi connectivity index (χ2v) is 9.29. The van der Waals surface area contributed by atoms with Crippen molar-refractivity contribution in [3.8, 4) is 0 Å². The molecular formula is C26H17ClN4O5. The number of ketones is 1. The number of benzene rings is 3. The zero-order chi connectivity index (χ0) is 25.1. The van der Waals surface area contributed by atoms with Crippen molar-refractivity contribution in [2.45, 2.75) is 12.1 Å². The maximum Gasteiger partial charge on any atom is 0.271 e. The van der Waals surface area contributed by atoms with Gasteiger partial charge in [0.15, 0.2) is 5.78 Å². The predicted molar refractivity (Wildman–Crippen MR) is 131 cm³/mol. The summed E-state index contributed by atoms with van der Waals surface area (Å²) in [5, 5.41) is 17.9. The van der Waals surface area contributed by atoms with Gasteiger partial charge in [0.1, 0.15) is 6.04 Å². The highest BCUT2D eigenvalue weighted by molar-refractivity contribution is 6.30. The molecule has 0 unspecified atom stereocenters. The molecule has 2 amide bonds. The SMILES string of the molecule is O=C(c1ccc(Cl)cc1)[C@@H]1[C@@H]2C(=O)N(c3cccc([N+](=O)[O-])c3)C(=O)[C@@H]2[C@@H]2c3ccccc3C=NN12. The summed E-state index contributed by atoms with van der Waals surface area (Å²) in [6.07, 6.45) is 1.63. The van der Waals surface area contributed by atoms with E-state index in [1.165, 1.54) is 24.3 Å². The van der Waals surface area contributed by atoms with Crippen LogP contribution in [0.2, 0.25) is 5.02 Å². The van der Waals surface area contributed by atoms with E-state index in [-0.39, 0.29) is 17.2 Å². The summed E-state index contributed by atoms with van der Waals surface area (Å²) in [5.74, 6) is -3.37. The number of Topliss-reactive ketones (excluding diaryl/α,β-unsaturated/α-hetero) is 1. The van der Waals surface area contributed by atoms with Gasteiger partial charge in [-0.3, -0.25) is 29.5 Å². The Bertz CT molecular complexity index is 1490. The fourth-order valence-electron chi connectivity index (χ4n) is 5.45. The summed E-state index contributed by atoms with van der Waals surface area (Å²) in [7, 11) is 0. The van der Waals surface area contributed by atoms with Gasteiger partial charge >= 0.3 is 0 Å². The molecule has 0 aromatic heterocycles. The topological polar surface area (TPSA) is 113 Å². The minimum atomic E-state index is -1.04. The monoisotopic (exact) mass is 500 g/mol. The van der Waals surface area contributed by atoms with E-state index in [1.54, 1.807) is 35.5 Å². The number of imide groups is 1. The number of nitrogens with zero attached hydrogens (tertiary/aromatic N) is 4. The molecular weight excluding hydrogens is 484 g/mol. The lowest BCUT2D eigenvalue weighted by Crippen LogP contribution is -2.44. The summed E-state index contributed by atoms with van der Waals surface area (Å²) < 4.78 is 0. The third kappa shape index (κ3) is 3.16. The Hall–Kier alpha value is -4.37. The molecule has 0 spiro atoms. The van der Waals surface area contributed by atoms with Gasteiger partial charge in [-0.05, 0) is 41.5 Å². The Balaban J connectivity index is 1.49. The Kier molecular flexibility index (Phi) is 4.97. The number of non-ortho nitro benzene ring substituents is 1. The summed E-state index contributed by atoms with van der Waals surface area (Å²) in [5.41, 5.74) is 1.78. The maximum absolute atomic E-state index is 13.8. The fraction of sp³-hybridized carbons (Fsp3) is 0.154. The Morgan fingerprint density at radius 2 is 1.67 bits per heavy atom. The van der Waals surface area contributed by atoms with Crippen molar-refractivity contribution in [1.29, 1.82) is 0 Å². The van der Waals surface area contributed by atoms with E-state index in [0.29, 0.717) is 10.6 Å². The van der Waals surface area contributed by atoms with Crippen LogP contribution in [-0.2, 0) is 9.59 Å². The number of carbonyl (C=O) groups excluding carboxylic acids is 3. The van der Waals surface area contributed by atoms with Gasteiger partial charge < -0.3 is 0 Å². The van der Waals surface area contributed by atoms with Crippen LogP contribution in [0, 0.1) is 22.0 Å². The van der Waals surface area contributed by atoms with Crippen LogP contribution in [0.25, 0.3) is 0 Å². The van der Waals surface area contributed by atoms with Crippen LogP contribution < -0.4 is 4.90 Å². The number of fused-ring (bicyclic) bond motifs is 5. The average molecular weight is 501 g/mol. The zero-order valence-electron chi connectivity index (χ0n) is 18.5. The molecule has 0 aliphatic carbocycles. The molecule has 6 rings (SSSR count). The van der Waals surface area contributed by atoms with E-state index in [0.717, 1.165) is 16.0 Å². The van der Waals surface area contributed by atoms with Crippen molar-refractivity contribution < 1.29 is 19.3 Å². The number of anilines is 1. The van der Waals surface area contributed by atoms with Gasteiger partial charge in [0.2, 0.25) is 11.8 Å². The van der Waals surface area contributed by atoms with Crippen LogP contribution in [0.4, 0.5) is 11.4 Å². The second kappa shape index (κ2) is 8.10. The van der Waals surface area contributed by atoms with Crippen molar-refractivity contribution in [3.63, 3.8) is 0 Å². The van der Waals surface area contributed by atoms with E-state index in [4.69, 9.17) is 11.6 Å². The van der Waals surface area contributed by atoms with Crippen molar-refractivity contribution >= 4 is 46.8 Å². The minimum absolute atomic E-state index is 0.102. The van der Waals surface area contributed by atoms with Gasteiger partial charge in [0, 0.05) is 22.7 Å². The highest BCUT2D eigenvalue weighted by Crippen LogP contribution is 2.53. The lowest BCUT2D eigenvalue weighted by molar-refractivity contribution is -0.384. The molecule has 4 atom stereocenters. The van der Waals surface area contributed by atoms with Crippen LogP contribution in [0.5, 0.6) is 0 Å². The third-order valence-electron chi connectivity index (χ3n) is 6.99. The number of halogens is 1. The maximum atomic E-state index is 13.8. The van der Waals surface area contributed by atoms with Crippen LogP contribution in [0.3, 0.4) is 0 Å². The molecule has 3 aromatic carbocycles. The number of amides is 2. The van der Waals surface area contributed by atoms with Crippen LogP contribution >= 0.6 is 11.6 Å². The molecule has 36 heavy (non-hydrogen) atoms. The molecule has 2 fully saturated rings. The molecule has 3 aliphatic heterocycles. The molecule has 3 aliphatic rings. The van der Waals surface area contributed by atoms with Crippen molar-refractivity contribution in [2.75, 3.05) is 4.90 Å². The van der Waals surface area contributed by atoms with Gasteiger partial charge in [-0.25, -0.2) is 4.90 Å². The fourth-order valence-corrected chi connectivity index (χ4v) is 5.58. The number of hydrazone groups is 1. The predicted octanol–water partition coefficient (Wildman–Crippen LogP) is 4.01. The highest BCUT2D eigenvalue weighted by Gasteiger charge is 2.65. The minimum Gasteiger partial charge on any atom is -0.292 e. The number of hydrogen-bond donors (Lipinski definition) is 0. The number of carbonyl (C=O) groups is 3.